The Bertz CT molecular complexity index is 404. The number of hydrogen-bond acceptors (Lipinski definition) is 4. The average Bonchev–Trinajstić information content (AvgIpc) is 2.78. The van der Waals surface area contributed by atoms with Crippen LogP contribution >= 0.6 is 0 Å². The molecule has 0 aliphatic carbocycles. The van der Waals surface area contributed by atoms with E-state index < -0.39 is 12.0 Å². The molecule has 0 radical (unpaired) electrons. The Morgan fingerprint density at radius 1 is 1.41 bits per heavy atom. The van der Waals surface area contributed by atoms with Gasteiger partial charge in [-0.05, 0) is 12.8 Å². The van der Waals surface area contributed by atoms with Crippen LogP contribution in [0.3, 0.4) is 0 Å². The highest BCUT2D eigenvalue weighted by molar-refractivity contribution is 6.39. The second kappa shape index (κ2) is 4.52. The second-order valence-electron chi connectivity index (χ2n) is 4.09. The molecule has 2 amide bonds. The average molecular weight is 239 g/mol. The standard InChI is InChI=1S/C10H13N3O4/c14-8-4-3-6(11-12-8)9(15)13-5-1-2-7(13)10(16)17/h7H,1-5H2,(H,12,14)(H,16,17). The number of hydrazone groups is 1. The highest BCUT2D eigenvalue weighted by Crippen LogP contribution is 2.19. The second-order valence-corrected chi connectivity index (χ2v) is 4.09. The van der Waals surface area contributed by atoms with Crippen LogP contribution in [-0.4, -0.2) is 46.1 Å². The van der Waals surface area contributed by atoms with Crippen LogP contribution < -0.4 is 5.43 Å². The Balaban J connectivity index is 2.09. The van der Waals surface area contributed by atoms with Crippen LogP contribution in [0, 0.1) is 0 Å². The van der Waals surface area contributed by atoms with Crippen molar-refractivity contribution in [3.05, 3.63) is 0 Å². The molecule has 2 aliphatic heterocycles. The maximum absolute atomic E-state index is 12.0. The van der Waals surface area contributed by atoms with Crippen molar-refractivity contribution < 1.29 is 19.5 Å². The molecule has 0 aromatic carbocycles. The van der Waals surface area contributed by atoms with Gasteiger partial charge in [-0.3, -0.25) is 9.59 Å². The van der Waals surface area contributed by atoms with Crippen LogP contribution in [0.2, 0.25) is 0 Å². The van der Waals surface area contributed by atoms with E-state index in [9.17, 15) is 14.4 Å². The van der Waals surface area contributed by atoms with E-state index in [0.29, 0.717) is 19.4 Å². The van der Waals surface area contributed by atoms with E-state index in [4.69, 9.17) is 5.11 Å². The van der Waals surface area contributed by atoms with E-state index in [2.05, 4.69) is 10.5 Å². The molecule has 0 spiro atoms. The Morgan fingerprint density at radius 3 is 2.76 bits per heavy atom. The lowest BCUT2D eigenvalue weighted by Gasteiger charge is -2.23. The molecule has 0 aromatic heterocycles. The van der Waals surface area contributed by atoms with Crippen molar-refractivity contribution in [1.82, 2.24) is 10.3 Å². The van der Waals surface area contributed by atoms with Gasteiger partial charge in [-0.25, -0.2) is 10.2 Å². The van der Waals surface area contributed by atoms with E-state index in [1.54, 1.807) is 0 Å². The normalized spacial score (nSPS) is 24.2. The monoisotopic (exact) mass is 239 g/mol. The first kappa shape index (κ1) is 11.6. The van der Waals surface area contributed by atoms with E-state index in [1.807, 2.05) is 0 Å². The van der Waals surface area contributed by atoms with Crippen molar-refractivity contribution in [2.45, 2.75) is 31.7 Å². The third kappa shape index (κ3) is 2.27. The zero-order valence-corrected chi connectivity index (χ0v) is 9.18. The number of carboxylic acid groups (broad SMARTS) is 1. The highest BCUT2D eigenvalue weighted by Gasteiger charge is 2.36. The summed E-state index contributed by atoms with van der Waals surface area (Å²) in [5, 5.41) is 12.7. The minimum atomic E-state index is -0.990. The summed E-state index contributed by atoms with van der Waals surface area (Å²) in [5.41, 5.74) is 2.47. The summed E-state index contributed by atoms with van der Waals surface area (Å²) in [4.78, 5) is 35.2. The van der Waals surface area contributed by atoms with Gasteiger partial charge < -0.3 is 10.0 Å². The summed E-state index contributed by atoms with van der Waals surface area (Å²) in [6.07, 6.45) is 1.65. The van der Waals surface area contributed by atoms with Gasteiger partial charge in [-0.15, -0.1) is 0 Å². The van der Waals surface area contributed by atoms with Gasteiger partial charge in [-0.2, -0.15) is 5.10 Å². The van der Waals surface area contributed by atoms with Crippen LogP contribution in [0.4, 0.5) is 0 Å². The molecule has 1 fully saturated rings. The molecule has 17 heavy (non-hydrogen) atoms. The first-order valence-electron chi connectivity index (χ1n) is 5.49. The fourth-order valence-electron chi connectivity index (χ4n) is 2.06. The third-order valence-corrected chi connectivity index (χ3v) is 2.95. The maximum Gasteiger partial charge on any atom is 0.326 e. The molecule has 1 atom stereocenters. The van der Waals surface area contributed by atoms with E-state index in [1.165, 1.54) is 4.90 Å². The van der Waals surface area contributed by atoms with Crippen molar-refractivity contribution >= 4 is 23.5 Å². The van der Waals surface area contributed by atoms with Crippen LogP contribution in [0.25, 0.3) is 0 Å². The van der Waals surface area contributed by atoms with Gasteiger partial charge in [0, 0.05) is 19.4 Å². The number of carbonyl (C=O) groups excluding carboxylic acids is 2. The summed E-state index contributed by atoms with van der Waals surface area (Å²) in [6.45, 7) is 0.433. The molecule has 2 aliphatic rings. The number of carbonyl (C=O) groups is 3. The maximum atomic E-state index is 12.0. The van der Waals surface area contributed by atoms with Crippen LogP contribution in [-0.2, 0) is 14.4 Å². The fraction of sp³-hybridized carbons (Fsp3) is 0.600. The SMILES string of the molecule is O=C1CCC(C(=O)N2CCCC2C(=O)O)=NN1. The molecule has 2 rings (SSSR count). The van der Waals surface area contributed by atoms with Crippen LogP contribution in [0.1, 0.15) is 25.7 Å². The van der Waals surface area contributed by atoms with Crippen molar-refractivity contribution in [2.24, 2.45) is 5.10 Å². The van der Waals surface area contributed by atoms with Gasteiger partial charge in [0.2, 0.25) is 5.91 Å². The van der Waals surface area contributed by atoms with Gasteiger partial charge in [0.05, 0.1) is 0 Å². The summed E-state index contributed by atoms with van der Waals surface area (Å²) < 4.78 is 0. The van der Waals surface area contributed by atoms with Crippen LogP contribution in [0.15, 0.2) is 5.10 Å². The Hall–Kier alpha value is -1.92. The summed E-state index contributed by atoms with van der Waals surface area (Å²) >= 11 is 0. The quantitative estimate of drug-likeness (QED) is 0.667. The Labute approximate surface area is 97.5 Å². The predicted molar refractivity (Wildman–Crippen MR) is 57.2 cm³/mol. The first-order valence-corrected chi connectivity index (χ1v) is 5.49. The van der Waals surface area contributed by atoms with Gasteiger partial charge in [0.25, 0.3) is 5.91 Å². The van der Waals surface area contributed by atoms with Gasteiger partial charge in [0.1, 0.15) is 11.8 Å². The Kier molecular flexibility index (Phi) is 3.08. The molecular formula is C10H13N3O4. The first-order chi connectivity index (χ1) is 8.09. The lowest BCUT2D eigenvalue weighted by atomic mass is 10.1. The van der Waals surface area contributed by atoms with Crippen LogP contribution in [0.5, 0.6) is 0 Å². The lowest BCUT2D eigenvalue weighted by Crippen LogP contribution is -2.45. The number of likely N-dealkylation sites (tertiary alicyclic amines) is 1. The molecule has 2 heterocycles. The highest BCUT2D eigenvalue weighted by atomic mass is 16.4. The zero-order valence-electron chi connectivity index (χ0n) is 9.18. The van der Waals surface area contributed by atoms with Crippen molar-refractivity contribution in [3.8, 4) is 0 Å². The number of nitrogens with zero attached hydrogens (tertiary/aromatic N) is 2. The number of nitrogens with one attached hydrogen (secondary N) is 1. The van der Waals surface area contributed by atoms with Crippen molar-refractivity contribution in [2.75, 3.05) is 6.54 Å². The Morgan fingerprint density at radius 2 is 2.18 bits per heavy atom. The summed E-state index contributed by atoms with van der Waals surface area (Å²) in [5.74, 6) is -1.59. The van der Waals surface area contributed by atoms with E-state index in [0.717, 1.165) is 0 Å². The molecule has 0 saturated carbocycles. The molecule has 1 unspecified atom stereocenters. The van der Waals surface area contributed by atoms with Gasteiger partial charge in [0.15, 0.2) is 0 Å². The minimum Gasteiger partial charge on any atom is -0.480 e. The lowest BCUT2D eigenvalue weighted by molar-refractivity contribution is -0.146. The zero-order chi connectivity index (χ0) is 12.4. The molecule has 7 nitrogen and oxygen atoms in total. The minimum absolute atomic E-state index is 0.218. The molecule has 2 N–H and O–H groups in total. The van der Waals surface area contributed by atoms with Crippen molar-refractivity contribution in [3.63, 3.8) is 0 Å². The smallest absolute Gasteiger partial charge is 0.326 e. The van der Waals surface area contributed by atoms with E-state index >= 15 is 0 Å². The topological polar surface area (TPSA) is 99.1 Å². The molecule has 0 bridgehead atoms. The van der Waals surface area contributed by atoms with Crippen molar-refractivity contribution in [1.29, 1.82) is 0 Å². The molecule has 92 valence electrons. The third-order valence-electron chi connectivity index (χ3n) is 2.95. The number of amides is 2. The fourth-order valence-corrected chi connectivity index (χ4v) is 2.06. The predicted octanol–water partition coefficient (Wildman–Crippen LogP) is -0.672. The summed E-state index contributed by atoms with van der Waals surface area (Å²) in [6, 6.07) is -0.761. The largest absolute Gasteiger partial charge is 0.480 e. The van der Waals surface area contributed by atoms with E-state index in [-0.39, 0.29) is 30.4 Å². The number of aliphatic carboxylic acids is 1. The molecule has 7 heteroatoms. The summed E-state index contributed by atoms with van der Waals surface area (Å²) in [7, 11) is 0. The van der Waals surface area contributed by atoms with Gasteiger partial charge >= 0.3 is 5.97 Å². The molecule has 1 saturated heterocycles. The number of rotatable bonds is 2. The molecular weight excluding hydrogens is 226 g/mol. The van der Waals surface area contributed by atoms with Gasteiger partial charge in [-0.1, -0.05) is 0 Å². The number of carboxylic acids is 1. The number of hydrogen-bond donors (Lipinski definition) is 2. The molecule has 0 aromatic rings.